The molecule has 2 atom stereocenters. The fourth-order valence-electron chi connectivity index (χ4n) is 3.48. The molecule has 0 amide bonds. The SMILES string of the molecule is COc1c(Cl)ccc2oc3cc4c(c(O)c3c(=O)c12)C1C=COC1O4. The summed E-state index contributed by atoms with van der Waals surface area (Å²) in [5, 5.41) is 11.3. The molecule has 0 saturated heterocycles. The van der Waals surface area contributed by atoms with Crippen LogP contribution in [0.15, 0.2) is 39.7 Å². The third-order valence-electron chi connectivity index (χ3n) is 4.58. The van der Waals surface area contributed by atoms with Gasteiger partial charge in [-0.2, -0.15) is 0 Å². The highest BCUT2D eigenvalue weighted by Gasteiger charge is 2.40. The molecule has 0 fully saturated rings. The summed E-state index contributed by atoms with van der Waals surface area (Å²) in [5.74, 6) is 0.212. The molecule has 0 bridgehead atoms. The molecule has 7 heteroatoms. The van der Waals surface area contributed by atoms with E-state index >= 15 is 0 Å². The average molecular weight is 359 g/mol. The lowest BCUT2D eigenvalue weighted by Crippen LogP contribution is -2.14. The predicted octanol–water partition coefficient (Wildman–Crippen LogP) is 3.66. The molecule has 2 aliphatic heterocycles. The summed E-state index contributed by atoms with van der Waals surface area (Å²) >= 11 is 6.12. The Kier molecular flexibility index (Phi) is 2.80. The first kappa shape index (κ1) is 14.5. The van der Waals surface area contributed by atoms with Crippen molar-refractivity contribution < 1.29 is 23.7 Å². The number of hydrogen-bond donors (Lipinski definition) is 1. The summed E-state index contributed by atoms with van der Waals surface area (Å²) in [4.78, 5) is 13.1. The summed E-state index contributed by atoms with van der Waals surface area (Å²) in [6, 6.07) is 4.78. The quantitative estimate of drug-likeness (QED) is 0.669. The van der Waals surface area contributed by atoms with Gasteiger partial charge in [-0.1, -0.05) is 11.6 Å². The summed E-state index contributed by atoms with van der Waals surface area (Å²) < 4.78 is 22.1. The van der Waals surface area contributed by atoms with Crippen molar-refractivity contribution in [3.63, 3.8) is 0 Å². The summed E-state index contributed by atoms with van der Waals surface area (Å²) in [7, 11) is 1.42. The Hall–Kier alpha value is -2.86. The molecule has 1 aromatic heterocycles. The number of hydrogen-bond acceptors (Lipinski definition) is 6. The second-order valence-electron chi connectivity index (χ2n) is 5.87. The standard InChI is InChI=1S/C18H11ClO6/c1-22-17-8(19)2-3-9-14(17)16(21)13-11(24-9)6-10-12(15(13)20)7-4-5-23-18(7)25-10/h2-7,18,20H,1H3. The van der Waals surface area contributed by atoms with Crippen LogP contribution in [-0.2, 0) is 4.74 Å². The van der Waals surface area contributed by atoms with Crippen LogP contribution in [0.4, 0.5) is 0 Å². The molecule has 2 aromatic carbocycles. The highest BCUT2D eigenvalue weighted by Crippen LogP contribution is 2.49. The fourth-order valence-corrected chi connectivity index (χ4v) is 3.71. The maximum atomic E-state index is 13.1. The largest absolute Gasteiger partial charge is 0.507 e. The maximum Gasteiger partial charge on any atom is 0.250 e. The van der Waals surface area contributed by atoms with Crippen molar-refractivity contribution in [3.8, 4) is 17.2 Å². The average Bonchev–Trinajstić information content (AvgIpc) is 3.15. The second-order valence-corrected chi connectivity index (χ2v) is 6.28. The minimum Gasteiger partial charge on any atom is -0.507 e. The number of halogens is 1. The van der Waals surface area contributed by atoms with Gasteiger partial charge in [0, 0.05) is 6.07 Å². The van der Waals surface area contributed by atoms with E-state index in [4.69, 9.17) is 30.2 Å². The van der Waals surface area contributed by atoms with Gasteiger partial charge in [0.1, 0.15) is 33.4 Å². The molecule has 3 aromatic rings. The van der Waals surface area contributed by atoms with Crippen LogP contribution in [0.1, 0.15) is 11.5 Å². The Labute approximate surface area is 145 Å². The lowest BCUT2D eigenvalue weighted by Gasteiger charge is -2.10. The molecule has 25 heavy (non-hydrogen) atoms. The van der Waals surface area contributed by atoms with Gasteiger partial charge in [-0.25, -0.2) is 0 Å². The van der Waals surface area contributed by atoms with E-state index in [9.17, 15) is 9.90 Å². The van der Waals surface area contributed by atoms with Gasteiger partial charge in [0.2, 0.25) is 5.43 Å². The highest BCUT2D eigenvalue weighted by molar-refractivity contribution is 6.33. The van der Waals surface area contributed by atoms with E-state index in [1.165, 1.54) is 13.4 Å². The van der Waals surface area contributed by atoms with Crippen LogP contribution in [-0.4, -0.2) is 18.5 Å². The smallest absolute Gasteiger partial charge is 0.250 e. The van der Waals surface area contributed by atoms with Gasteiger partial charge >= 0.3 is 0 Å². The van der Waals surface area contributed by atoms with E-state index in [1.54, 1.807) is 24.3 Å². The van der Waals surface area contributed by atoms with E-state index in [0.717, 1.165) is 0 Å². The van der Waals surface area contributed by atoms with Gasteiger partial charge in [-0.3, -0.25) is 4.79 Å². The topological polar surface area (TPSA) is 78.1 Å². The van der Waals surface area contributed by atoms with Crippen LogP contribution in [0, 0.1) is 0 Å². The molecular weight excluding hydrogens is 348 g/mol. The van der Waals surface area contributed by atoms with Crippen molar-refractivity contribution in [3.05, 3.63) is 51.3 Å². The number of rotatable bonds is 1. The minimum atomic E-state index is -0.536. The molecule has 1 N–H and O–H groups in total. The molecule has 6 nitrogen and oxygen atoms in total. The Morgan fingerprint density at radius 3 is 2.88 bits per heavy atom. The third-order valence-corrected chi connectivity index (χ3v) is 4.88. The number of ether oxygens (including phenoxy) is 3. The van der Waals surface area contributed by atoms with Gasteiger partial charge in [-0.15, -0.1) is 0 Å². The molecule has 5 rings (SSSR count). The number of methoxy groups -OCH3 is 1. The zero-order chi connectivity index (χ0) is 17.3. The minimum absolute atomic E-state index is 0.0661. The number of benzene rings is 2. The Morgan fingerprint density at radius 2 is 2.08 bits per heavy atom. The zero-order valence-corrected chi connectivity index (χ0v) is 13.7. The molecule has 3 heterocycles. The highest BCUT2D eigenvalue weighted by atomic mass is 35.5. The first-order chi connectivity index (χ1) is 12.1. The zero-order valence-electron chi connectivity index (χ0n) is 12.9. The maximum absolute atomic E-state index is 13.1. The molecule has 2 unspecified atom stereocenters. The van der Waals surface area contributed by atoms with Crippen molar-refractivity contribution in [2.75, 3.05) is 7.11 Å². The summed E-state index contributed by atoms with van der Waals surface area (Å²) in [5.41, 5.74) is 0.635. The van der Waals surface area contributed by atoms with Crippen molar-refractivity contribution in [1.82, 2.24) is 0 Å². The Balaban J connectivity index is 1.94. The second kappa shape index (κ2) is 4.83. The van der Waals surface area contributed by atoms with Crippen LogP contribution in [0.3, 0.4) is 0 Å². The molecule has 0 radical (unpaired) electrons. The molecule has 0 spiro atoms. The van der Waals surface area contributed by atoms with Crippen LogP contribution < -0.4 is 14.9 Å². The molecule has 0 saturated carbocycles. The third kappa shape index (κ3) is 1.77. The number of phenols is 1. The van der Waals surface area contributed by atoms with E-state index < -0.39 is 11.7 Å². The predicted molar refractivity (Wildman–Crippen MR) is 90.6 cm³/mol. The van der Waals surface area contributed by atoms with Crippen molar-refractivity contribution in [2.45, 2.75) is 12.2 Å². The number of aromatic hydroxyl groups is 1. The van der Waals surface area contributed by atoms with E-state index in [1.807, 2.05) is 0 Å². The summed E-state index contributed by atoms with van der Waals surface area (Å²) in [6.45, 7) is 0. The van der Waals surface area contributed by atoms with Gasteiger partial charge < -0.3 is 23.7 Å². The molecule has 126 valence electrons. The lowest BCUT2D eigenvalue weighted by atomic mass is 9.97. The normalized spacial score (nSPS) is 20.4. The fraction of sp³-hybridized carbons (Fsp3) is 0.167. The van der Waals surface area contributed by atoms with Crippen molar-refractivity contribution in [2.24, 2.45) is 0 Å². The Morgan fingerprint density at radius 1 is 1.24 bits per heavy atom. The van der Waals surface area contributed by atoms with E-state index in [-0.39, 0.29) is 38.8 Å². The van der Waals surface area contributed by atoms with E-state index in [0.29, 0.717) is 16.9 Å². The molecule has 0 aliphatic carbocycles. The van der Waals surface area contributed by atoms with Crippen LogP contribution in [0.5, 0.6) is 17.2 Å². The van der Waals surface area contributed by atoms with Crippen molar-refractivity contribution in [1.29, 1.82) is 0 Å². The van der Waals surface area contributed by atoms with Gasteiger partial charge in [0.05, 0.1) is 29.9 Å². The number of fused-ring (bicyclic) bond motifs is 5. The lowest BCUT2D eigenvalue weighted by molar-refractivity contribution is -0.00481. The molecular formula is C18H11ClO6. The van der Waals surface area contributed by atoms with E-state index in [2.05, 4.69) is 0 Å². The van der Waals surface area contributed by atoms with Crippen LogP contribution in [0.25, 0.3) is 21.9 Å². The first-order valence-corrected chi connectivity index (χ1v) is 7.95. The van der Waals surface area contributed by atoms with Gasteiger partial charge in [0.15, 0.2) is 5.75 Å². The monoisotopic (exact) mass is 358 g/mol. The van der Waals surface area contributed by atoms with Gasteiger partial charge in [0.25, 0.3) is 6.29 Å². The van der Waals surface area contributed by atoms with Gasteiger partial charge in [-0.05, 0) is 18.2 Å². The number of phenolic OH excluding ortho intramolecular Hbond substituents is 1. The first-order valence-electron chi connectivity index (χ1n) is 7.58. The summed E-state index contributed by atoms with van der Waals surface area (Å²) in [6.07, 6.45) is 2.77. The Bertz CT molecular complexity index is 1150. The van der Waals surface area contributed by atoms with Crippen LogP contribution in [0.2, 0.25) is 5.02 Å². The molecule has 2 aliphatic rings. The van der Waals surface area contributed by atoms with Crippen LogP contribution >= 0.6 is 11.6 Å². The van der Waals surface area contributed by atoms with Crippen molar-refractivity contribution >= 4 is 33.5 Å².